The van der Waals surface area contributed by atoms with Gasteiger partial charge in [0.05, 0.1) is 0 Å². The molecule has 0 bridgehead atoms. The van der Waals surface area contributed by atoms with Crippen LogP contribution in [-0.2, 0) is 0 Å². The van der Waals surface area contributed by atoms with Crippen LogP contribution in [0.2, 0.25) is 0 Å². The summed E-state index contributed by atoms with van der Waals surface area (Å²) in [4.78, 5) is 0. The van der Waals surface area contributed by atoms with Crippen LogP contribution in [0.5, 0.6) is 0 Å². The van der Waals surface area contributed by atoms with Crippen LogP contribution < -0.4 is 0 Å². The van der Waals surface area contributed by atoms with Crippen LogP contribution in [0.3, 0.4) is 0 Å². The number of aliphatic hydroxyl groups excluding tert-OH is 2. The number of hydrogen-bond acceptors (Lipinski definition) is 2. The predicted molar refractivity (Wildman–Crippen MR) is 32.5 cm³/mol. The van der Waals surface area contributed by atoms with Crippen LogP contribution >= 0.6 is 0 Å². The molecule has 1 aliphatic rings. The molecule has 0 unspecified atom stereocenters. The molecule has 0 amide bonds. The van der Waals surface area contributed by atoms with Gasteiger partial charge in [0, 0.05) is 0 Å². The van der Waals surface area contributed by atoms with Crippen LogP contribution in [0, 0.1) is 0 Å². The van der Waals surface area contributed by atoms with E-state index in [4.69, 9.17) is 10.2 Å². The molecule has 1 aliphatic heterocycles. The monoisotopic (exact) mass is 212 g/mol. The Morgan fingerprint density at radius 3 is 2.50 bits per heavy atom. The minimum atomic E-state index is -1.25. The van der Waals surface area contributed by atoms with E-state index in [9.17, 15) is 0 Å². The van der Waals surface area contributed by atoms with Gasteiger partial charge >= 0.3 is 57.8 Å². The second-order valence-corrected chi connectivity index (χ2v) is 5.72. The molecule has 0 saturated carbocycles. The summed E-state index contributed by atoms with van der Waals surface area (Å²) in [7, 11) is 0. The third-order valence-corrected chi connectivity index (χ3v) is 3.62. The van der Waals surface area contributed by atoms with Gasteiger partial charge in [-0.1, -0.05) is 0 Å². The standard InChI is InChI=1S/C5H5O2.In/c6-4-2-1-3-5-7;/h1-3,6-7H;. The van der Waals surface area contributed by atoms with Gasteiger partial charge in [0.25, 0.3) is 0 Å². The SMILES string of the molecule is O[C]1=CC=C[C](O)=[In]1. The van der Waals surface area contributed by atoms with Crippen molar-refractivity contribution < 1.29 is 10.2 Å². The van der Waals surface area contributed by atoms with Crippen molar-refractivity contribution in [3.8, 4) is 0 Å². The minimum absolute atomic E-state index is 0.403. The second-order valence-electron chi connectivity index (χ2n) is 1.52. The maximum absolute atomic E-state index is 8.79. The van der Waals surface area contributed by atoms with Crippen molar-refractivity contribution >= 4 is 25.9 Å². The van der Waals surface area contributed by atoms with Crippen LogP contribution in [0.25, 0.3) is 0 Å². The Morgan fingerprint density at radius 2 is 2.12 bits per heavy atom. The Morgan fingerprint density at radius 1 is 1.38 bits per heavy atom. The van der Waals surface area contributed by atoms with Crippen LogP contribution in [-0.4, -0.2) is 36.1 Å². The third-order valence-electron chi connectivity index (χ3n) is 0.830. The number of hydrogen-bond donors (Lipinski definition) is 2. The molecule has 2 nitrogen and oxygen atoms in total. The fraction of sp³-hybridized carbons (Fsp3) is 0. The van der Waals surface area contributed by atoms with Gasteiger partial charge in [0.1, 0.15) is 0 Å². The molecule has 3 heteroatoms. The Balaban J connectivity index is 2.89. The molecule has 2 N–H and O–H groups in total. The molecule has 0 saturated heterocycles. The normalized spacial score (nSPS) is 16.5. The van der Waals surface area contributed by atoms with Gasteiger partial charge in [-0.25, -0.2) is 0 Å². The van der Waals surface area contributed by atoms with Crippen molar-refractivity contribution in [2.45, 2.75) is 0 Å². The number of aliphatic hydroxyl groups is 2. The Labute approximate surface area is 58.0 Å². The van der Waals surface area contributed by atoms with Crippen molar-refractivity contribution in [3.63, 3.8) is 0 Å². The second kappa shape index (κ2) is 2.40. The summed E-state index contributed by atoms with van der Waals surface area (Å²) in [6, 6.07) is 0. The van der Waals surface area contributed by atoms with Gasteiger partial charge in [0.15, 0.2) is 0 Å². The zero-order chi connectivity index (χ0) is 5.98. The number of allylic oxidation sites excluding steroid dienone is 2. The van der Waals surface area contributed by atoms with E-state index >= 15 is 0 Å². The summed E-state index contributed by atoms with van der Waals surface area (Å²) in [6.45, 7) is 0. The average Bonchev–Trinajstić information content (AvgIpc) is 1.64. The van der Waals surface area contributed by atoms with Gasteiger partial charge in [0.2, 0.25) is 0 Å². The summed E-state index contributed by atoms with van der Waals surface area (Å²) in [6.07, 6.45) is 4.93. The van der Waals surface area contributed by atoms with Gasteiger partial charge < -0.3 is 0 Å². The summed E-state index contributed by atoms with van der Waals surface area (Å²) in [5.74, 6) is 0. The number of rotatable bonds is 0. The zero-order valence-electron chi connectivity index (χ0n) is 4.20. The van der Waals surface area contributed by atoms with E-state index in [0.717, 1.165) is 0 Å². The molecule has 0 aromatic carbocycles. The molecule has 1 heterocycles. The molecular formula is C5H5InO2. The molecule has 8 heavy (non-hydrogen) atoms. The Hall–Kier alpha value is -0.180. The first-order valence-electron chi connectivity index (χ1n) is 2.27. The Kier molecular flexibility index (Phi) is 1.78. The molecule has 0 fully saturated rings. The molecule has 0 atom stereocenters. The molecule has 1 rings (SSSR count). The molecule has 0 radical (unpaired) electrons. The molecule has 0 aromatic heterocycles. The summed E-state index contributed by atoms with van der Waals surface area (Å²) in [5, 5.41) is 17.6. The van der Waals surface area contributed by atoms with E-state index in [1.54, 1.807) is 18.2 Å². The molecule has 0 spiro atoms. The summed E-state index contributed by atoms with van der Waals surface area (Å²) < 4.78 is 0.806. The van der Waals surface area contributed by atoms with E-state index in [1.165, 1.54) is 0 Å². The summed E-state index contributed by atoms with van der Waals surface area (Å²) in [5.41, 5.74) is 0. The maximum atomic E-state index is 8.79. The topological polar surface area (TPSA) is 40.5 Å². The molecular weight excluding hydrogens is 207 g/mol. The fourth-order valence-corrected chi connectivity index (χ4v) is 2.54. The van der Waals surface area contributed by atoms with E-state index in [-0.39, 0.29) is 0 Å². The van der Waals surface area contributed by atoms with Gasteiger partial charge in [-0.15, -0.1) is 0 Å². The van der Waals surface area contributed by atoms with E-state index in [0.29, 0.717) is 6.96 Å². The first kappa shape index (κ1) is 5.95. The van der Waals surface area contributed by atoms with Crippen molar-refractivity contribution in [2.75, 3.05) is 0 Å². The fourth-order valence-electron chi connectivity index (χ4n) is 0.493. The van der Waals surface area contributed by atoms with Gasteiger partial charge in [-0.2, -0.15) is 0 Å². The quantitative estimate of drug-likeness (QED) is 0.600. The van der Waals surface area contributed by atoms with Crippen LogP contribution in [0.4, 0.5) is 0 Å². The van der Waals surface area contributed by atoms with E-state index in [2.05, 4.69) is 0 Å². The molecule has 0 aliphatic carbocycles. The third kappa shape index (κ3) is 1.40. The zero-order valence-corrected chi connectivity index (χ0v) is 7.50. The van der Waals surface area contributed by atoms with Crippen molar-refractivity contribution in [1.82, 2.24) is 0 Å². The van der Waals surface area contributed by atoms with Crippen LogP contribution in [0.15, 0.2) is 21.7 Å². The predicted octanol–water partition coefficient (Wildman–Crippen LogP) is 0.162. The van der Waals surface area contributed by atoms with Gasteiger partial charge in [-0.3, -0.25) is 0 Å². The van der Waals surface area contributed by atoms with Crippen molar-refractivity contribution in [3.05, 3.63) is 21.7 Å². The van der Waals surface area contributed by atoms with E-state index < -0.39 is 22.4 Å². The van der Waals surface area contributed by atoms with Crippen molar-refractivity contribution in [1.29, 1.82) is 0 Å². The summed E-state index contributed by atoms with van der Waals surface area (Å²) >= 11 is -1.25. The molecule has 40 valence electrons. The molecule has 0 aromatic rings. The van der Waals surface area contributed by atoms with E-state index in [1.807, 2.05) is 0 Å². The first-order valence-corrected chi connectivity index (χ1v) is 5.56. The Bertz CT molecular complexity index is 176. The van der Waals surface area contributed by atoms with Crippen molar-refractivity contribution in [2.24, 2.45) is 0 Å². The van der Waals surface area contributed by atoms with Gasteiger partial charge in [-0.05, 0) is 0 Å². The van der Waals surface area contributed by atoms with Crippen LogP contribution in [0.1, 0.15) is 0 Å². The first-order chi connectivity index (χ1) is 3.79. The average molecular weight is 212 g/mol.